The fourth-order valence-electron chi connectivity index (χ4n) is 2.37. The van der Waals surface area contributed by atoms with Crippen LogP contribution in [0.1, 0.15) is 28.0 Å². The molecule has 21 heavy (non-hydrogen) atoms. The summed E-state index contributed by atoms with van der Waals surface area (Å²) in [5.41, 5.74) is 1.94. The third kappa shape index (κ3) is 2.68. The van der Waals surface area contributed by atoms with Gasteiger partial charge in [-0.2, -0.15) is 5.10 Å². The number of aromatic nitrogens is 2. The first-order valence-electron chi connectivity index (χ1n) is 6.82. The van der Waals surface area contributed by atoms with Crippen LogP contribution in [0.4, 0.5) is 0 Å². The number of nitrogens with zero attached hydrogens (tertiary/aromatic N) is 2. The fraction of sp³-hybridized carbons (Fsp3) is 0.250. The summed E-state index contributed by atoms with van der Waals surface area (Å²) in [6.07, 6.45) is 1.22. The standard InChI is InChI=1S/C16H15BrN2OS/c1-3-11-16(17)12(19(2)18-11)9-13(20)15-8-10-6-4-5-7-14(10)21-15/h4-8H,3,9H2,1-2H3. The molecule has 0 atom stereocenters. The predicted octanol–water partition coefficient (Wildman–Crippen LogP) is 4.39. The van der Waals surface area contributed by atoms with Crippen LogP contribution in [0, 0.1) is 0 Å². The molecule has 0 saturated heterocycles. The first-order chi connectivity index (χ1) is 10.1. The van der Waals surface area contributed by atoms with Gasteiger partial charge in [0.1, 0.15) is 0 Å². The van der Waals surface area contributed by atoms with Gasteiger partial charge >= 0.3 is 0 Å². The quantitative estimate of drug-likeness (QED) is 0.645. The van der Waals surface area contributed by atoms with Crippen LogP contribution in [0.25, 0.3) is 10.1 Å². The van der Waals surface area contributed by atoms with Gasteiger partial charge in [0.2, 0.25) is 0 Å². The Morgan fingerprint density at radius 3 is 2.81 bits per heavy atom. The molecule has 2 heterocycles. The SMILES string of the molecule is CCc1nn(C)c(CC(=O)c2cc3ccccc3s2)c1Br. The average Bonchev–Trinajstić information content (AvgIpc) is 3.03. The molecule has 0 radical (unpaired) electrons. The lowest BCUT2D eigenvalue weighted by Gasteiger charge is -2.01. The van der Waals surface area contributed by atoms with Crippen molar-refractivity contribution >= 4 is 43.1 Å². The van der Waals surface area contributed by atoms with Crippen molar-refractivity contribution in [1.29, 1.82) is 0 Å². The van der Waals surface area contributed by atoms with E-state index in [1.807, 2.05) is 37.4 Å². The Morgan fingerprint density at radius 1 is 1.38 bits per heavy atom. The monoisotopic (exact) mass is 362 g/mol. The lowest BCUT2D eigenvalue weighted by atomic mass is 10.1. The predicted molar refractivity (Wildman–Crippen MR) is 90.1 cm³/mol. The lowest BCUT2D eigenvalue weighted by Crippen LogP contribution is -2.07. The molecule has 0 unspecified atom stereocenters. The maximum Gasteiger partial charge on any atom is 0.178 e. The highest BCUT2D eigenvalue weighted by molar-refractivity contribution is 9.10. The van der Waals surface area contributed by atoms with Gasteiger partial charge in [0, 0.05) is 11.7 Å². The third-order valence-corrected chi connectivity index (χ3v) is 5.60. The van der Waals surface area contributed by atoms with E-state index in [1.165, 1.54) is 0 Å². The lowest BCUT2D eigenvalue weighted by molar-refractivity contribution is 0.0994. The Labute approximate surface area is 135 Å². The molecule has 0 aliphatic heterocycles. The number of carbonyl (C=O) groups excluding carboxylic acids is 1. The van der Waals surface area contributed by atoms with Crippen molar-refractivity contribution in [3.63, 3.8) is 0 Å². The minimum atomic E-state index is 0.141. The van der Waals surface area contributed by atoms with Crippen LogP contribution in [-0.2, 0) is 19.9 Å². The number of aryl methyl sites for hydroxylation is 2. The molecule has 0 bridgehead atoms. The molecule has 2 aromatic heterocycles. The normalized spacial score (nSPS) is 11.2. The van der Waals surface area contributed by atoms with Crippen molar-refractivity contribution in [3.05, 3.63) is 51.1 Å². The van der Waals surface area contributed by atoms with Crippen molar-refractivity contribution in [1.82, 2.24) is 9.78 Å². The van der Waals surface area contributed by atoms with Crippen LogP contribution in [-0.4, -0.2) is 15.6 Å². The van der Waals surface area contributed by atoms with Gasteiger partial charge in [-0.15, -0.1) is 11.3 Å². The number of benzene rings is 1. The molecule has 0 fully saturated rings. The maximum atomic E-state index is 12.5. The molecule has 0 aliphatic carbocycles. The molecule has 0 aliphatic rings. The molecular formula is C16H15BrN2OS. The van der Waals surface area contributed by atoms with Gasteiger partial charge in [-0.05, 0) is 39.9 Å². The second-order valence-electron chi connectivity index (χ2n) is 4.93. The maximum absolute atomic E-state index is 12.5. The van der Waals surface area contributed by atoms with E-state index in [4.69, 9.17) is 0 Å². The molecule has 0 N–H and O–H groups in total. The Kier molecular flexibility index (Phi) is 3.95. The first-order valence-corrected chi connectivity index (χ1v) is 8.43. The number of thiophene rings is 1. The van der Waals surface area contributed by atoms with Crippen molar-refractivity contribution in [3.8, 4) is 0 Å². The molecule has 3 aromatic rings. The van der Waals surface area contributed by atoms with E-state index in [0.29, 0.717) is 6.42 Å². The largest absolute Gasteiger partial charge is 0.293 e. The Morgan fingerprint density at radius 2 is 2.14 bits per heavy atom. The minimum absolute atomic E-state index is 0.141. The number of Topliss-reactive ketones (excluding diaryl/α,β-unsaturated/α-hetero) is 1. The zero-order valence-corrected chi connectivity index (χ0v) is 14.3. The van der Waals surface area contributed by atoms with Gasteiger partial charge in [-0.25, -0.2) is 0 Å². The highest BCUT2D eigenvalue weighted by Gasteiger charge is 2.18. The van der Waals surface area contributed by atoms with Crippen molar-refractivity contribution in [2.45, 2.75) is 19.8 Å². The number of hydrogen-bond donors (Lipinski definition) is 0. The topological polar surface area (TPSA) is 34.9 Å². The highest BCUT2D eigenvalue weighted by Crippen LogP contribution is 2.28. The summed E-state index contributed by atoms with van der Waals surface area (Å²) >= 11 is 5.12. The van der Waals surface area contributed by atoms with Gasteiger partial charge in [0.15, 0.2) is 5.78 Å². The summed E-state index contributed by atoms with van der Waals surface area (Å²) in [5, 5.41) is 5.57. The third-order valence-electron chi connectivity index (χ3n) is 3.53. The van der Waals surface area contributed by atoms with E-state index in [-0.39, 0.29) is 5.78 Å². The van der Waals surface area contributed by atoms with Crippen molar-refractivity contribution in [2.75, 3.05) is 0 Å². The zero-order chi connectivity index (χ0) is 15.0. The number of hydrogen-bond acceptors (Lipinski definition) is 3. The molecule has 5 heteroatoms. The molecule has 0 amide bonds. The Bertz CT molecular complexity index is 786. The second kappa shape index (κ2) is 5.73. The van der Waals surface area contributed by atoms with Crippen molar-refractivity contribution < 1.29 is 4.79 Å². The van der Waals surface area contributed by atoms with Crippen LogP contribution in [0.2, 0.25) is 0 Å². The highest BCUT2D eigenvalue weighted by atomic mass is 79.9. The van der Waals surface area contributed by atoms with Crippen LogP contribution in [0.15, 0.2) is 34.8 Å². The van der Waals surface area contributed by atoms with Gasteiger partial charge in [0.25, 0.3) is 0 Å². The van der Waals surface area contributed by atoms with E-state index < -0.39 is 0 Å². The molecule has 3 rings (SSSR count). The van der Waals surface area contributed by atoms with E-state index in [0.717, 1.165) is 37.2 Å². The summed E-state index contributed by atoms with van der Waals surface area (Å²) in [7, 11) is 1.89. The molecule has 1 aromatic carbocycles. The molecular weight excluding hydrogens is 348 g/mol. The first kappa shape index (κ1) is 14.5. The average molecular weight is 363 g/mol. The summed E-state index contributed by atoms with van der Waals surface area (Å²) in [5.74, 6) is 0.141. The van der Waals surface area contributed by atoms with E-state index in [1.54, 1.807) is 16.0 Å². The Balaban J connectivity index is 1.91. The van der Waals surface area contributed by atoms with Crippen LogP contribution < -0.4 is 0 Å². The number of rotatable bonds is 4. The van der Waals surface area contributed by atoms with E-state index >= 15 is 0 Å². The van der Waals surface area contributed by atoms with Crippen LogP contribution in [0.5, 0.6) is 0 Å². The summed E-state index contributed by atoms with van der Waals surface area (Å²) in [4.78, 5) is 13.3. The summed E-state index contributed by atoms with van der Waals surface area (Å²) in [6, 6.07) is 10.1. The number of halogens is 1. The smallest absolute Gasteiger partial charge is 0.178 e. The van der Waals surface area contributed by atoms with Crippen molar-refractivity contribution in [2.24, 2.45) is 7.05 Å². The molecule has 108 valence electrons. The summed E-state index contributed by atoms with van der Waals surface area (Å²) in [6.45, 7) is 2.06. The van der Waals surface area contributed by atoms with Crippen LogP contribution >= 0.6 is 27.3 Å². The van der Waals surface area contributed by atoms with Gasteiger partial charge in [0.05, 0.1) is 27.2 Å². The molecule has 3 nitrogen and oxygen atoms in total. The minimum Gasteiger partial charge on any atom is -0.293 e. The number of fused-ring (bicyclic) bond motifs is 1. The van der Waals surface area contributed by atoms with Gasteiger partial charge < -0.3 is 0 Å². The number of carbonyl (C=O) groups is 1. The molecule has 0 saturated carbocycles. The zero-order valence-electron chi connectivity index (χ0n) is 11.9. The molecule has 0 spiro atoms. The number of ketones is 1. The fourth-order valence-corrected chi connectivity index (χ4v) is 4.13. The van der Waals surface area contributed by atoms with Gasteiger partial charge in [-0.3, -0.25) is 9.48 Å². The van der Waals surface area contributed by atoms with Crippen LogP contribution in [0.3, 0.4) is 0 Å². The Hall–Kier alpha value is -1.46. The van der Waals surface area contributed by atoms with E-state index in [9.17, 15) is 4.79 Å². The van der Waals surface area contributed by atoms with Gasteiger partial charge in [-0.1, -0.05) is 25.1 Å². The second-order valence-corrected chi connectivity index (χ2v) is 6.81. The summed E-state index contributed by atoms with van der Waals surface area (Å²) < 4.78 is 3.91. The van der Waals surface area contributed by atoms with E-state index in [2.05, 4.69) is 28.0 Å².